The maximum atomic E-state index is 13.4. The van der Waals surface area contributed by atoms with Gasteiger partial charge in [-0.25, -0.2) is 4.98 Å². The van der Waals surface area contributed by atoms with Crippen LogP contribution in [0.3, 0.4) is 0 Å². The third-order valence-electron chi connectivity index (χ3n) is 7.12. The molecule has 1 amide bonds. The van der Waals surface area contributed by atoms with E-state index in [4.69, 9.17) is 4.74 Å². The molecule has 2 aliphatic carbocycles. The predicted octanol–water partition coefficient (Wildman–Crippen LogP) is 4.57. The zero-order chi connectivity index (χ0) is 24.7. The van der Waals surface area contributed by atoms with Crippen LogP contribution in [-0.2, 0) is 20.5 Å². The van der Waals surface area contributed by atoms with Gasteiger partial charge in [0.15, 0.2) is 5.60 Å². The summed E-state index contributed by atoms with van der Waals surface area (Å²) in [6, 6.07) is 4.97. The number of carbonyl (C=O) groups excluding carboxylic acids is 2. The summed E-state index contributed by atoms with van der Waals surface area (Å²) in [6.45, 7) is 0.693. The second-order valence-corrected chi connectivity index (χ2v) is 9.99. The quantitative estimate of drug-likeness (QED) is 0.593. The van der Waals surface area contributed by atoms with Crippen molar-refractivity contribution in [3.63, 3.8) is 0 Å². The summed E-state index contributed by atoms with van der Waals surface area (Å²) in [5, 5.41) is 11.8. The molecular weight excluding hydrogens is 469 g/mol. The van der Waals surface area contributed by atoms with Gasteiger partial charge in [-0.1, -0.05) is 12.1 Å². The summed E-state index contributed by atoms with van der Waals surface area (Å²) in [5.41, 5.74) is -1.49. The zero-order valence-corrected chi connectivity index (χ0v) is 19.8. The number of carbonyl (C=O) groups is 2. The highest BCUT2D eigenvalue weighted by Crippen LogP contribution is 2.44. The fourth-order valence-corrected chi connectivity index (χ4v) is 5.47. The number of rotatable bonds is 6. The van der Waals surface area contributed by atoms with Crippen molar-refractivity contribution in [2.75, 3.05) is 7.11 Å². The number of hydrogen-bond acceptors (Lipinski definition) is 6. The molecular formula is C24H27F3N2O4S. The zero-order valence-electron chi connectivity index (χ0n) is 19.0. The van der Waals surface area contributed by atoms with E-state index in [0.29, 0.717) is 38.3 Å². The van der Waals surface area contributed by atoms with E-state index in [1.165, 1.54) is 30.6 Å². The summed E-state index contributed by atoms with van der Waals surface area (Å²) in [7, 11) is 1.36. The average molecular weight is 497 g/mol. The maximum absolute atomic E-state index is 13.4. The molecule has 1 aromatic heterocycles. The topological polar surface area (TPSA) is 79.7 Å². The molecule has 1 N–H and O–H groups in total. The molecule has 6 nitrogen and oxygen atoms in total. The Morgan fingerprint density at radius 1 is 1.12 bits per heavy atom. The number of hydrogen-bond donors (Lipinski definition) is 1. The lowest BCUT2D eigenvalue weighted by atomic mass is 9.70. The lowest BCUT2D eigenvalue weighted by molar-refractivity contribution is -0.258. The molecule has 0 saturated heterocycles. The smallest absolute Gasteiger partial charge is 0.421 e. The summed E-state index contributed by atoms with van der Waals surface area (Å²) in [4.78, 5) is 32.3. The Morgan fingerprint density at radius 3 is 2.18 bits per heavy atom. The van der Waals surface area contributed by atoms with Crippen molar-refractivity contribution in [3.8, 4) is 0 Å². The molecule has 34 heavy (non-hydrogen) atoms. The number of ether oxygens (including phenoxy) is 1. The first kappa shape index (κ1) is 24.7. The number of esters is 1. The molecule has 0 radical (unpaired) electrons. The Labute approximate surface area is 199 Å². The van der Waals surface area contributed by atoms with Crippen molar-refractivity contribution in [2.24, 2.45) is 0 Å². The molecule has 1 aromatic carbocycles. The molecule has 10 heteroatoms. The highest BCUT2D eigenvalue weighted by molar-refractivity contribution is 7.07. The number of aromatic nitrogens is 1. The van der Waals surface area contributed by atoms with E-state index < -0.39 is 17.2 Å². The maximum Gasteiger partial charge on any atom is 0.421 e. The molecule has 2 aromatic rings. The Morgan fingerprint density at radius 2 is 1.71 bits per heavy atom. The van der Waals surface area contributed by atoms with Crippen LogP contribution in [0.25, 0.3) is 0 Å². The molecule has 0 aliphatic heterocycles. The molecule has 0 bridgehead atoms. The first-order valence-electron chi connectivity index (χ1n) is 11.2. The van der Waals surface area contributed by atoms with Gasteiger partial charge in [-0.2, -0.15) is 13.2 Å². The minimum absolute atomic E-state index is 0.0837. The van der Waals surface area contributed by atoms with Gasteiger partial charge >= 0.3 is 12.1 Å². The highest BCUT2D eigenvalue weighted by Gasteiger charge is 2.51. The molecule has 2 fully saturated rings. The van der Waals surface area contributed by atoms with E-state index in [9.17, 15) is 27.9 Å². The molecule has 184 valence electrons. The van der Waals surface area contributed by atoms with Crippen LogP contribution in [0.2, 0.25) is 0 Å². The van der Waals surface area contributed by atoms with Crippen LogP contribution in [-0.4, -0.2) is 52.2 Å². The summed E-state index contributed by atoms with van der Waals surface area (Å²) in [5.74, 6) is -0.571. The molecule has 4 rings (SSSR count). The van der Waals surface area contributed by atoms with Gasteiger partial charge in [-0.05, 0) is 63.1 Å². The number of methoxy groups -OCH3 is 1. The average Bonchev–Trinajstić information content (AvgIpc) is 3.49. The second kappa shape index (κ2) is 8.96. The predicted molar refractivity (Wildman–Crippen MR) is 119 cm³/mol. The molecule has 1 heterocycles. The van der Waals surface area contributed by atoms with Gasteiger partial charge in [0, 0.05) is 23.0 Å². The fraction of sp³-hybridized carbons (Fsp3) is 0.542. The lowest BCUT2D eigenvalue weighted by Crippen LogP contribution is -2.49. The molecule has 0 unspecified atom stereocenters. The highest BCUT2D eigenvalue weighted by atomic mass is 32.1. The van der Waals surface area contributed by atoms with E-state index in [-0.39, 0.29) is 35.1 Å². The number of thiazole rings is 1. The van der Waals surface area contributed by atoms with Gasteiger partial charge in [0.2, 0.25) is 0 Å². The number of benzene rings is 1. The van der Waals surface area contributed by atoms with Crippen molar-refractivity contribution in [1.29, 1.82) is 0 Å². The second-order valence-electron chi connectivity index (χ2n) is 9.27. The van der Waals surface area contributed by atoms with Gasteiger partial charge in [-0.3, -0.25) is 9.59 Å². The van der Waals surface area contributed by atoms with E-state index >= 15 is 0 Å². The molecule has 2 saturated carbocycles. The van der Waals surface area contributed by atoms with Crippen molar-refractivity contribution >= 4 is 23.2 Å². The van der Waals surface area contributed by atoms with Crippen LogP contribution in [0, 0.1) is 0 Å². The largest absolute Gasteiger partial charge is 0.468 e. The van der Waals surface area contributed by atoms with Crippen molar-refractivity contribution in [2.45, 2.75) is 74.7 Å². The Kier molecular flexibility index (Phi) is 6.50. The van der Waals surface area contributed by atoms with Crippen LogP contribution >= 0.6 is 11.3 Å². The van der Waals surface area contributed by atoms with Crippen LogP contribution < -0.4 is 0 Å². The normalized spacial score (nSPS) is 24.8. The summed E-state index contributed by atoms with van der Waals surface area (Å²) in [6.07, 6.45) is -0.903. The standard InChI is InChI=1S/C24H27F3N2O4S/c1-22(32,24(25,26)27)16-5-3-15(4-6-16)20(30)29(17-7-8-17)18-9-11-23(12-10-18,21(31)33-2)19-13-34-14-28-19/h3-6,13-14,17-18,32H,7-12H2,1-2H3/t18?,22-,23?/m0/s1. The van der Waals surface area contributed by atoms with Crippen LogP contribution in [0.5, 0.6) is 0 Å². The number of halogens is 3. The summed E-state index contributed by atoms with van der Waals surface area (Å²) >= 11 is 1.42. The third kappa shape index (κ3) is 4.33. The third-order valence-corrected chi connectivity index (χ3v) is 7.71. The lowest BCUT2D eigenvalue weighted by Gasteiger charge is -2.41. The molecule has 1 atom stereocenters. The van der Waals surface area contributed by atoms with Crippen LogP contribution in [0.15, 0.2) is 35.2 Å². The van der Waals surface area contributed by atoms with E-state index in [1.54, 1.807) is 5.51 Å². The van der Waals surface area contributed by atoms with Crippen LogP contribution in [0.1, 0.15) is 67.1 Å². The summed E-state index contributed by atoms with van der Waals surface area (Å²) < 4.78 is 44.5. The van der Waals surface area contributed by atoms with E-state index in [0.717, 1.165) is 25.0 Å². The van der Waals surface area contributed by atoms with Gasteiger partial charge in [-0.15, -0.1) is 11.3 Å². The molecule has 0 spiro atoms. The fourth-order valence-electron chi connectivity index (χ4n) is 4.82. The minimum Gasteiger partial charge on any atom is -0.468 e. The Hall–Kier alpha value is -2.46. The van der Waals surface area contributed by atoms with Gasteiger partial charge in [0.05, 0.1) is 18.3 Å². The van der Waals surface area contributed by atoms with E-state index in [2.05, 4.69) is 4.98 Å². The first-order valence-corrected chi connectivity index (χ1v) is 12.1. The molecule has 2 aliphatic rings. The Bertz CT molecular complexity index is 1030. The van der Waals surface area contributed by atoms with Crippen molar-refractivity contribution in [3.05, 3.63) is 52.0 Å². The van der Waals surface area contributed by atoms with Gasteiger partial charge in [0.1, 0.15) is 5.41 Å². The van der Waals surface area contributed by atoms with Crippen molar-refractivity contribution in [1.82, 2.24) is 9.88 Å². The number of aliphatic hydroxyl groups is 1. The SMILES string of the molecule is COC(=O)C1(c2cscn2)CCC(N(C(=O)c2ccc([C@](C)(O)C(F)(F)F)cc2)C2CC2)CC1. The van der Waals surface area contributed by atoms with Crippen molar-refractivity contribution < 1.29 is 32.6 Å². The minimum atomic E-state index is -4.83. The monoisotopic (exact) mass is 496 g/mol. The van der Waals surface area contributed by atoms with Gasteiger partial charge < -0.3 is 14.7 Å². The van der Waals surface area contributed by atoms with Gasteiger partial charge in [0.25, 0.3) is 5.91 Å². The first-order chi connectivity index (χ1) is 16.0. The number of alkyl halides is 3. The number of nitrogens with zero attached hydrogens (tertiary/aromatic N) is 2. The number of amides is 1. The van der Waals surface area contributed by atoms with E-state index in [1.807, 2.05) is 10.3 Å². The van der Waals surface area contributed by atoms with Crippen LogP contribution in [0.4, 0.5) is 13.2 Å². The Balaban J connectivity index is 1.53.